The molecule has 1 heterocycles. The van der Waals surface area contributed by atoms with Crippen molar-refractivity contribution in [3.05, 3.63) is 27.0 Å². The summed E-state index contributed by atoms with van der Waals surface area (Å²) in [5, 5.41) is 0. The Bertz CT molecular complexity index is 647. The summed E-state index contributed by atoms with van der Waals surface area (Å²) in [7, 11) is 0.908. The second-order valence-electron chi connectivity index (χ2n) is 4.35. The van der Waals surface area contributed by atoms with Gasteiger partial charge in [-0.3, -0.25) is 14.3 Å². The first-order chi connectivity index (χ1) is 8.71. The van der Waals surface area contributed by atoms with E-state index in [4.69, 9.17) is 15.4 Å². The molecule has 0 fully saturated rings. The number of aromatic amines is 1. The standard InChI is InChI=1S/C10H15ClN2O5S/c1-7(2)6-18-4-3-13-5-8(19(11,16)17)9(14)12-10(13)15/h5,7H,3-4,6H2,1-2H3,(H,12,14,15). The van der Waals surface area contributed by atoms with E-state index in [0.717, 1.165) is 10.8 Å². The van der Waals surface area contributed by atoms with Crippen LogP contribution in [0, 0.1) is 5.92 Å². The maximum atomic E-state index is 11.5. The zero-order valence-electron chi connectivity index (χ0n) is 10.6. The molecule has 0 saturated heterocycles. The first kappa shape index (κ1) is 15.9. The summed E-state index contributed by atoms with van der Waals surface area (Å²) in [5.41, 5.74) is -1.73. The Morgan fingerprint density at radius 1 is 1.42 bits per heavy atom. The van der Waals surface area contributed by atoms with Crippen molar-refractivity contribution in [3.63, 3.8) is 0 Å². The molecule has 0 aliphatic rings. The lowest BCUT2D eigenvalue weighted by atomic mass is 10.2. The van der Waals surface area contributed by atoms with Gasteiger partial charge >= 0.3 is 5.69 Å². The van der Waals surface area contributed by atoms with Crippen LogP contribution in [0.5, 0.6) is 0 Å². The van der Waals surface area contributed by atoms with Gasteiger partial charge in [0.05, 0.1) is 13.2 Å². The van der Waals surface area contributed by atoms with Crippen LogP contribution in [-0.4, -0.2) is 31.2 Å². The Morgan fingerprint density at radius 2 is 2.05 bits per heavy atom. The molecule has 0 amide bonds. The van der Waals surface area contributed by atoms with Gasteiger partial charge in [-0.05, 0) is 5.92 Å². The zero-order chi connectivity index (χ0) is 14.6. The summed E-state index contributed by atoms with van der Waals surface area (Å²) < 4.78 is 28.6. The van der Waals surface area contributed by atoms with Crippen molar-refractivity contribution in [2.45, 2.75) is 25.3 Å². The minimum atomic E-state index is -4.19. The van der Waals surface area contributed by atoms with Gasteiger partial charge in [-0.1, -0.05) is 13.8 Å². The fourth-order valence-electron chi connectivity index (χ4n) is 1.31. The van der Waals surface area contributed by atoms with Crippen LogP contribution in [0.15, 0.2) is 20.7 Å². The van der Waals surface area contributed by atoms with E-state index < -0.39 is 25.2 Å². The van der Waals surface area contributed by atoms with Gasteiger partial charge in [0.25, 0.3) is 14.6 Å². The van der Waals surface area contributed by atoms with Gasteiger partial charge in [-0.2, -0.15) is 0 Å². The van der Waals surface area contributed by atoms with E-state index >= 15 is 0 Å². The van der Waals surface area contributed by atoms with Gasteiger partial charge in [0, 0.05) is 23.5 Å². The molecule has 1 aromatic heterocycles. The third kappa shape index (κ3) is 4.81. The summed E-state index contributed by atoms with van der Waals surface area (Å²) in [6, 6.07) is 0. The monoisotopic (exact) mass is 310 g/mol. The van der Waals surface area contributed by atoms with Crippen LogP contribution in [0.4, 0.5) is 0 Å². The molecule has 1 N–H and O–H groups in total. The lowest BCUT2D eigenvalue weighted by molar-refractivity contribution is 0.102. The number of H-pyrrole nitrogens is 1. The van der Waals surface area contributed by atoms with Gasteiger partial charge in [0.2, 0.25) is 0 Å². The third-order valence-corrected chi connectivity index (χ3v) is 3.48. The molecule has 0 aliphatic carbocycles. The predicted molar refractivity (Wildman–Crippen MR) is 70.0 cm³/mol. The van der Waals surface area contributed by atoms with E-state index in [1.165, 1.54) is 0 Å². The number of nitrogens with one attached hydrogen (secondary N) is 1. The molecule has 0 bridgehead atoms. The lowest BCUT2D eigenvalue weighted by Crippen LogP contribution is -2.33. The fourth-order valence-corrected chi connectivity index (χ4v) is 2.17. The molecule has 0 saturated carbocycles. The molecule has 0 atom stereocenters. The Labute approximate surface area is 114 Å². The van der Waals surface area contributed by atoms with Crippen molar-refractivity contribution in [2.24, 2.45) is 5.92 Å². The quantitative estimate of drug-likeness (QED) is 0.595. The molecule has 0 radical (unpaired) electrons. The minimum absolute atomic E-state index is 0.127. The van der Waals surface area contributed by atoms with Gasteiger partial charge in [0.15, 0.2) is 4.90 Å². The molecule has 1 rings (SSSR count). The van der Waals surface area contributed by atoms with Gasteiger partial charge < -0.3 is 4.74 Å². The van der Waals surface area contributed by atoms with E-state index in [0.29, 0.717) is 12.5 Å². The van der Waals surface area contributed by atoms with Crippen molar-refractivity contribution in [3.8, 4) is 0 Å². The predicted octanol–water partition coefficient (Wildman–Crippen LogP) is 0.137. The fraction of sp³-hybridized carbons (Fsp3) is 0.600. The van der Waals surface area contributed by atoms with E-state index in [-0.39, 0.29) is 13.2 Å². The van der Waals surface area contributed by atoms with Crippen LogP contribution in [0.25, 0.3) is 0 Å². The van der Waals surface area contributed by atoms with Crippen LogP contribution in [0.3, 0.4) is 0 Å². The average Bonchev–Trinajstić information content (AvgIpc) is 2.24. The van der Waals surface area contributed by atoms with Crippen molar-refractivity contribution in [1.82, 2.24) is 9.55 Å². The first-order valence-corrected chi connectivity index (χ1v) is 7.89. The molecule has 0 aromatic carbocycles. The molecule has 9 heteroatoms. The molecular weight excluding hydrogens is 296 g/mol. The summed E-state index contributed by atoms with van der Waals surface area (Å²) in [6.45, 7) is 4.83. The number of hydrogen-bond donors (Lipinski definition) is 1. The van der Waals surface area contributed by atoms with Crippen molar-refractivity contribution >= 4 is 19.7 Å². The number of rotatable bonds is 6. The highest BCUT2D eigenvalue weighted by Gasteiger charge is 2.17. The number of aromatic nitrogens is 2. The van der Waals surface area contributed by atoms with Crippen molar-refractivity contribution in [1.29, 1.82) is 0 Å². The number of ether oxygens (including phenoxy) is 1. The number of nitrogens with zero attached hydrogens (tertiary/aromatic N) is 1. The van der Waals surface area contributed by atoms with Crippen LogP contribution < -0.4 is 11.2 Å². The maximum absolute atomic E-state index is 11.5. The highest BCUT2D eigenvalue weighted by Crippen LogP contribution is 2.07. The molecule has 19 heavy (non-hydrogen) atoms. The van der Waals surface area contributed by atoms with Crippen LogP contribution in [-0.2, 0) is 20.3 Å². The van der Waals surface area contributed by atoms with E-state index in [1.807, 2.05) is 18.8 Å². The molecular formula is C10H15ClN2O5S. The smallest absolute Gasteiger partial charge is 0.328 e. The summed E-state index contributed by atoms with van der Waals surface area (Å²) in [4.78, 5) is 24.0. The Hall–Kier alpha value is -1.12. The van der Waals surface area contributed by atoms with Crippen LogP contribution in [0.1, 0.15) is 13.8 Å². The van der Waals surface area contributed by atoms with Crippen molar-refractivity contribution < 1.29 is 13.2 Å². The largest absolute Gasteiger partial charge is 0.379 e. The molecule has 0 spiro atoms. The molecule has 108 valence electrons. The molecule has 0 aliphatic heterocycles. The van der Waals surface area contributed by atoms with E-state index in [9.17, 15) is 18.0 Å². The minimum Gasteiger partial charge on any atom is -0.379 e. The van der Waals surface area contributed by atoms with Gasteiger partial charge in [-0.15, -0.1) is 0 Å². The molecule has 0 unspecified atom stereocenters. The Morgan fingerprint density at radius 3 is 2.58 bits per heavy atom. The zero-order valence-corrected chi connectivity index (χ0v) is 12.1. The lowest BCUT2D eigenvalue weighted by Gasteiger charge is -2.08. The van der Waals surface area contributed by atoms with Gasteiger partial charge in [-0.25, -0.2) is 13.2 Å². The third-order valence-electron chi connectivity index (χ3n) is 2.17. The van der Waals surface area contributed by atoms with Gasteiger partial charge in [0.1, 0.15) is 0 Å². The second kappa shape index (κ2) is 6.36. The average molecular weight is 311 g/mol. The summed E-state index contributed by atoms with van der Waals surface area (Å²) >= 11 is 0. The SMILES string of the molecule is CC(C)COCCn1cc(S(=O)(=O)Cl)c(=O)[nH]c1=O. The Kier molecular flexibility index (Phi) is 5.33. The summed E-state index contributed by atoms with van der Waals surface area (Å²) in [5.74, 6) is 0.353. The Balaban J connectivity index is 2.91. The normalized spacial score (nSPS) is 12.0. The maximum Gasteiger partial charge on any atom is 0.328 e. The van der Waals surface area contributed by atoms with Crippen LogP contribution >= 0.6 is 10.7 Å². The van der Waals surface area contributed by atoms with E-state index in [2.05, 4.69) is 0 Å². The van der Waals surface area contributed by atoms with Crippen LogP contribution in [0.2, 0.25) is 0 Å². The summed E-state index contributed by atoms with van der Waals surface area (Å²) in [6.07, 6.45) is 0.919. The number of hydrogen-bond acceptors (Lipinski definition) is 5. The first-order valence-electron chi connectivity index (χ1n) is 5.58. The highest BCUT2D eigenvalue weighted by atomic mass is 35.7. The topological polar surface area (TPSA) is 98.2 Å². The van der Waals surface area contributed by atoms with E-state index in [1.54, 1.807) is 0 Å². The second-order valence-corrected chi connectivity index (χ2v) is 6.89. The molecule has 7 nitrogen and oxygen atoms in total. The highest BCUT2D eigenvalue weighted by molar-refractivity contribution is 8.13. The molecule has 1 aromatic rings. The number of halogens is 1. The van der Waals surface area contributed by atoms with Crippen molar-refractivity contribution in [2.75, 3.05) is 13.2 Å².